The van der Waals surface area contributed by atoms with Crippen molar-refractivity contribution in [3.63, 3.8) is 0 Å². The van der Waals surface area contributed by atoms with Gasteiger partial charge in [0.15, 0.2) is 23.1 Å². The Labute approximate surface area is 182 Å². The number of nitrogens with one attached hydrogen (secondary N) is 1. The number of aliphatic hydroxyl groups excluding tert-OH is 1. The number of rotatable bonds is 10. The van der Waals surface area contributed by atoms with Gasteiger partial charge in [0.05, 0.1) is 7.11 Å². The molecule has 3 rings (SSSR count). The lowest BCUT2D eigenvalue weighted by Gasteiger charge is -2.33. The first-order valence-corrected chi connectivity index (χ1v) is 10.5. The molecule has 1 heterocycles. The highest BCUT2D eigenvalue weighted by Crippen LogP contribution is 2.28. The Morgan fingerprint density at radius 3 is 2.32 bits per heavy atom. The summed E-state index contributed by atoms with van der Waals surface area (Å²) in [4.78, 5) is 4.51. The zero-order valence-corrected chi connectivity index (χ0v) is 18.1. The van der Waals surface area contributed by atoms with Crippen LogP contribution in [-0.4, -0.2) is 74.5 Å². The zero-order valence-electron chi connectivity index (χ0n) is 18.1. The maximum atomic E-state index is 13.3. The molecule has 1 aliphatic rings. The van der Waals surface area contributed by atoms with Crippen LogP contribution in [0.5, 0.6) is 11.5 Å². The van der Waals surface area contributed by atoms with Crippen molar-refractivity contribution < 1.29 is 23.4 Å². The Hall–Kier alpha value is -2.26. The van der Waals surface area contributed by atoms with Crippen LogP contribution in [0.25, 0.3) is 0 Å². The molecule has 0 amide bonds. The molecule has 0 aliphatic carbocycles. The molecule has 8 heteroatoms. The van der Waals surface area contributed by atoms with Crippen molar-refractivity contribution in [1.82, 2.24) is 15.1 Å². The van der Waals surface area contributed by atoms with Gasteiger partial charge in [0.25, 0.3) is 0 Å². The molecule has 6 nitrogen and oxygen atoms in total. The van der Waals surface area contributed by atoms with Crippen LogP contribution in [0.4, 0.5) is 8.78 Å². The van der Waals surface area contributed by atoms with Crippen LogP contribution in [-0.2, 0) is 13.1 Å². The highest BCUT2D eigenvalue weighted by Gasteiger charge is 2.18. The first-order valence-electron chi connectivity index (χ1n) is 10.5. The summed E-state index contributed by atoms with van der Waals surface area (Å²) in [6.45, 7) is 5.56. The smallest absolute Gasteiger partial charge is 0.161 e. The zero-order chi connectivity index (χ0) is 22.2. The molecule has 0 spiro atoms. The number of β-amino-alcohol motifs (C(OH)–C–C–N with tert-alkyl or cyclic N) is 1. The van der Waals surface area contributed by atoms with E-state index in [2.05, 4.69) is 22.2 Å². The van der Waals surface area contributed by atoms with Gasteiger partial charge in [-0.2, -0.15) is 0 Å². The number of likely N-dealkylation sites (N-methyl/N-ethyl adjacent to an activating group) is 1. The van der Waals surface area contributed by atoms with E-state index in [4.69, 9.17) is 9.47 Å². The van der Waals surface area contributed by atoms with Gasteiger partial charge in [-0.1, -0.05) is 12.1 Å². The summed E-state index contributed by atoms with van der Waals surface area (Å²) in [6.07, 6.45) is -0.594. The first-order chi connectivity index (χ1) is 14.9. The van der Waals surface area contributed by atoms with Crippen LogP contribution < -0.4 is 14.8 Å². The van der Waals surface area contributed by atoms with Crippen LogP contribution in [0, 0.1) is 11.6 Å². The molecule has 0 radical (unpaired) electrons. The highest BCUT2D eigenvalue weighted by molar-refractivity contribution is 5.43. The molecular weight excluding hydrogens is 404 g/mol. The molecule has 1 fully saturated rings. The lowest BCUT2D eigenvalue weighted by molar-refractivity contribution is 0.0497. The number of benzene rings is 2. The van der Waals surface area contributed by atoms with Gasteiger partial charge >= 0.3 is 0 Å². The van der Waals surface area contributed by atoms with Gasteiger partial charge in [-0.05, 0) is 42.4 Å². The van der Waals surface area contributed by atoms with Gasteiger partial charge < -0.3 is 24.8 Å². The Kier molecular flexibility index (Phi) is 8.60. The molecule has 170 valence electrons. The topological polar surface area (TPSA) is 57.2 Å². The standard InChI is InChI=1S/C23H31F2N3O3/c1-27-7-9-28(10-8-27)15-19(29)16-31-23-12-18(4-6-22(23)30-2)14-26-13-17-3-5-20(24)21(25)11-17/h3-6,11-12,19,26,29H,7-10,13-16H2,1-2H3. The van der Waals surface area contributed by atoms with Crippen LogP contribution >= 0.6 is 0 Å². The van der Waals surface area contributed by atoms with Gasteiger partial charge in [-0.25, -0.2) is 8.78 Å². The molecule has 2 aromatic carbocycles. The van der Waals surface area contributed by atoms with E-state index in [1.807, 2.05) is 18.2 Å². The predicted molar refractivity (Wildman–Crippen MR) is 115 cm³/mol. The third-order valence-corrected chi connectivity index (χ3v) is 5.37. The van der Waals surface area contributed by atoms with Gasteiger partial charge in [0.1, 0.15) is 12.7 Å². The number of hydrogen-bond donors (Lipinski definition) is 2. The third kappa shape index (κ3) is 7.14. The van der Waals surface area contributed by atoms with E-state index in [0.717, 1.165) is 37.8 Å². The molecule has 0 bridgehead atoms. The van der Waals surface area contributed by atoms with E-state index in [9.17, 15) is 13.9 Å². The third-order valence-electron chi connectivity index (χ3n) is 5.37. The van der Waals surface area contributed by atoms with Gasteiger partial charge in [0, 0.05) is 45.8 Å². The second-order valence-electron chi connectivity index (χ2n) is 7.91. The van der Waals surface area contributed by atoms with Crippen molar-refractivity contribution in [1.29, 1.82) is 0 Å². The largest absolute Gasteiger partial charge is 0.493 e. The molecule has 2 aromatic rings. The molecule has 2 N–H and O–H groups in total. The molecule has 31 heavy (non-hydrogen) atoms. The number of halogens is 2. The average molecular weight is 436 g/mol. The SMILES string of the molecule is COc1ccc(CNCc2ccc(F)c(F)c2)cc1OCC(O)CN1CCN(C)CC1. The molecule has 1 unspecified atom stereocenters. The Morgan fingerprint density at radius 1 is 0.968 bits per heavy atom. The molecule has 0 saturated carbocycles. The fourth-order valence-corrected chi connectivity index (χ4v) is 3.51. The number of methoxy groups -OCH3 is 1. The Balaban J connectivity index is 1.50. The van der Waals surface area contributed by atoms with Crippen LogP contribution in [0.2, 0.25) is 0 Å². The fourth-order valence-electron chi connectivity index (χ4n) is 3.51. The van der Waals surface area contributed by atoms with Crippen molar-refractivity contribution >= 4 is 0 Å². The second-order valence-corrected chi connectivity index (χ2v) is 7.91. The normalized spacial score (nSPS) is 16.3. The van der Waals surface area contributed by atoms with Crippen LogP contribution in [0.3, 0.4) is 0 Å². The number of aliphatic hydroxyl groups is 1. The Morgan fingerprint density at radius 2 is 1.65 bits per heavy atom. The number of piperazine rings is 1. The maximum Gasteiger partial charge on any atom is 0.161 e. The summed E-state index contributed by atoms with van der Waals surface area (Å²) in [5.41, 5.74) is 1.61. The van der Waals surface area contributed by atoms with E-state index in [1.54, 1.807) is 13.2 Å². The maximum absolute atomic E-state index is 13.3. The summed E-state index contributed by atoms with van der Waals surface area (Å²) in [7, 11) is 3.67. The number of ether oxygens (including phenoxy) is 2. The second kappa shape index (κ2) is 11.4. The number of nitrogens with zero attached hydrogens (tertiary/aromatic N) is 2. The van der Waals surface area contributed by atoms with Crippen LogP contribution in [0.15, 0.2) is 36.4 Å². The molecule has 1 atom stereocenters. The Bertz CT molecular complexity index is 845. The minimum absolute atomic E-state index is 0.175. The molecule has 1 aliphatic heterocycles. The van der Waals surface area contributed by atoms with Crippen molar-refractivity contribution in [2.45, 2.75) is 19.2 Å². The van der Waals surface area contributed by atoms with E-state index in [1.165, 1.54) is 6.07 Å². The lowest BCUT2D eigenvalue weighted by atomic mass is 10.1. The summed E-state index contributed by atoms with van der Waals surface area (Å²) in [6, 6.07) is 9.45. The van der Waals surface area contributed by atoms with Gasteiger partial charge in [0.2, 0.25) is 0 Å². The minimum atomic E-state index is -0.852. The molecule has 0 aromatic heterocycles. The summed E-state index contributed by atoms with van der Waals surface area (Å²) < 4.78 is 37.6. The minimum Gasteiger partial charge on any atom is -0.493 e. The lowest BCUT2D eigenvalue weighted by Crippen LogP contribution is -2.47. The van der Waals surface area contributed by atoms with E-state index >= 15 is 0 Å². The van der Waals surface area contributed by atoms with Crippen LogP contribution in [0.1, 0.15) is 11.1 Å². The van der Waals surface area contributed by atoms with Crippen molar-refractivity contribution in [2.75, 3.05) is 53.5 Å². The number of hydrogen-bond acceptors (Lipinski definition) is 6. The van der Waals surface area contributed by atoms with Crippen molar-refractivity contribution in [2.24, 2.45) is 0 Å². The van der Waals surface area contributed by atoms with E-state index in [-0.39, 0.29) is 6.61 Å². The fraction of sp³-hybridized carbons (Fsp3) is 0.478. The molecular formula is C23H31F2N3O3. The van der Waals surface area contributed by atoms with E-state index < -0.39 is 17.7 Å². The summed E-state index contributed by atoms with van der Waals surface area (Å²) >= 11 is 0. The first kappa shape index (κ1) is 23.4. The summed E-state index contributed by atoms with van der Waals surface area (Å²) in [5, 5.41) is 13.6. The van der Waals surface area contributed by atoms with Gasteiger partial charge in [-0.15, -0.1) is 0 Å². The average Bonchev–Trinajstić information content (AvgIpc) is 2.76. The van der Waals surface area contributed by atoms with Crippen molar-refractivity contribution in [3.8, 4) is 11.5 Å². The van der Waals surface area contributed by atoms with Crippen molar-refractivity contribution in [3.05, 3.63) is 59.2 Å². The summed E-state index contributed by atoms with van der Waals surface area (Å²) in [5.74, 6) is -0.548. The predicted octanol–water partition coefficient (Wildman–Crippen LogP) is 2.25. The monoisotopic (exact) mass is 435 g/mol. The van der Waals surface area contributed by atoms with E-state index in [0.29, 0.717) is 36.7 Å². The highest BCUT2D eigenvalue weighted by atomic mass is 19.2. The van der Waals surface area contributed by atoms with Gasteiger partial charge in [-0.3, -0.25) is 4.90 Å². The molecule has 1 saturated heterocycles. The quantitative estimate of drug-likeness (QED) is 0.597.